The van der Waals surface area contributed by atoms with E-state index in [9.17, 15) is 4.79 Å². The number of anilines is 3. The van der Waals surface area contributed by atoms with Crippen molar-refractivity contribution in [3.05, 3.63) is 52.6 Å². The summed E-state index contributed by atoms with van der Waals surface area (Å²) in [6, 6.07) is 10.2. The van der Waals surface area contributed by atoms with E-state index in [1.807, 2.05) is 24.3 Å². The molecule has 0 spiro atoms. The number of nitrogens with zero attached hydrogens (tertiary/aromatic N) is 3. The molecule has 0 bridgehead atoms. The standard InChI is InChI=1S/C26H32N4O2/c1-3-28-12-14-30(15-13-28)21-16-20(29-10-8-17(2)9-11-29)22-23-24(21)27-32-26(23)19-7-5-4-6-18(19)25(22)31/h4-7,16-17,26-27H,3,8-15H2,1-2H3. The zero-order chi connectivity index (χ0) is 21.8. The summed E-state index contributed by atoms with van der Waals surface area (Å²) in [5.41, 5.74) is 10.2. The highest BCUT2D eigenvalue weighted by atomic mass is 16.7. The lowest BCUT2D eigenvalue weighted by atomic mass is 9.80. The highest BCUT2D eigenvalue weighted by Gasteiger charge is 2.42. The summed E-state index contributed by atoms with van der Waals surface area (Å²) in [4.78, 5) is 27.4. The van der Waals surface area contributed by atoms with Gasteiger partial charge in [0.15, 0.2) is 5.78 Å². The van der Waals surface area contributed by atoms with Crippen LogP contribution in [-0.4, -0.2) is 56.5 Å². The number of likely N-dealkylation sites (N-methyl/N-ethyl adjacent to an activating group) is 1. The van der Waals surface area contributed by atoms with Gasteiger partial charge in [-0.15, -0.1) is 0 Å². The first kappa shape index (κ1) is 20.1. The molecule has 3 aliphatic heterocycles. The van der Waals surface area contributed by atoms with Crippen molar-refractivity contribution in [1.82, 2.24) is 4.90 Å². The Morgan fingerprint density at radius 3 is 2.47 bits per heavy atom. The summed E-state index contributed by atoms with van der Waals surface area (Å²) < 4.78 is 0. The van der Waals surface area contributed by atoms with Crippen LogP contribution in [0.4, 0.5) is 17.1 Å². The molecule has 4 aliphatic rings. The normalized spacial score (nSPS) is 23.2. The Balaban J connectivity index is 1.50. The Hall–Kier alpha value is -2.57. The van der Waals surface area contributed by atoms with Gasteiger partial charge in [0.1, 0.15) is 6.10 Å². The molecule has 2 aromatic carbocycles. The van der Waals surface area contributed by atoms with Crippen molar-refractivity contribution in [3.8, 4) is 0 Å². The number of piperidine rings is 1. The van der Waals surface area contributed by atoms with Crippen LogP contribution in [-0.2, 0) is 4.84 Å². The van der Waals surface area contributed by atoms with Crippen LogP contribution >= 0.6 is 0 Å². The number of nitrogens with one attached hydrogen (secondary N) is 1. The minimum atomic E-state index is -0.228. The lowest BCUT2D eigenvalue weighted by Crippen LogP contribution is -2.46. The highest BCUT2D eigenvalue weighted by molar-refractivity contribution is 6.18. The topological polar surface area (TPSA) is 48.0 Å². The number of rotatable bonds is 3. The second-order valence-corrected chi connectivity index (χ2v) is 9.69. The van der Waals surface area contributed by atoms with Crippen LogP contribution < -0.4 is 15.3 Å². The minimum Gasteiger partial charge on any atom is -0.371 e. The van der Waals surface area contributed by atoms with Gasteiger partial charge in [-0.2, -0.15) is 0 Å². The smallest absolute Gasteiger partial charge is 0.195 e. The molecule has 6 heteroatoms. The van der Waals surface area contributed by atoms with E-state index in [0.29, 0.717) is 0 Å². The quantitative estimate of drug-likeness (QED) is 0.790. The molecule has 0 aromatic heterocycles. The van der Waals surface area contributed by atoms with Crippen LogP contribution in [0.25, 0.3) is 0 Å². The van der Waals surface area contributed by atoms with Crippen molar-refractivity contribution >= 4 is 22.8 Å². The zero-order valence-electron chi connectivity index (χ0n) is 19.1. The third-order valence-corrected chi connectivity index (χ3v) is 7.86. The molecule has 168 valence electrons. The second-order valence-electron chi connectivity index (χ2n) is 9.69. The minimum absolute atomic E-state index is 0.136. The number of carbonyl (C=O) groups excluding carboxylic acids is 1. The molecule has 0 amide bonds. The second kappa shape index (κ2) is 7.78. The number of ketones is 1. The maximum atomic E-state index is 13.8. The van der Waals surface area contributed by atoms with Gasteiger partial charge in [0.05, 0.1) is 22.6 Å². The van der Waals surface area contributed by atoms with E-state index in [2.05, 4.69) is 40.1 Å². The number of fused-ring (bicyclic) bond motifs is 2. The predicted octanol–water partition coefficient (Wildman–Crippen LogP) is 4.06. The SMILES string of the molecule is CCN1CCN(c2cc(N3CCC(C)CC3)c3c4c2NOC4c2ccccc2C3=O)CC1. The van der Waals surface area contributed by atoms with Crippen LogP contribution in [0.15, 0.2) is 30.3 Å². The molecule has 3 heterocycles. The van der Waals surface area contributed by atoms with Gasteiger partial charge in [-0.1, -0.05) is 38.1 Å². The molecule has 1 aliphatic carbocycles. The van der Waals surface area contributed by atoms with E-state index in [4.69, 9.17) is 4.84 Å². The largest absolute Gasteiger partial charge is 0.371 e. The van der Waals surface area contributed by atoms with Crippen molar-refractivity contribution in [2.45, 2.75) is 32.8 Å². The Labute approximate surface area is 190 Å². The third kappa shape index (κ3) is 3.04. The first-order chi connectivity index (χ1) is 15.7. The molecule has 2 saturated heterocycles. The molecule has 1 unspecified atom stereocenters. The van der Waals surface area contributed by atoms with Gasteiger partial charge in [-0.25, -0.2) is 0 Å². The molecule has 32 heavy (non-hydrogen) atoms. The first-order valence-electron chi connectivity index (χ1n) is 12.1. The average Bonchev–Trinajstić information content (AvgIpc) is 3.28. The Bertz CT molecular complexity index is 1050. The lowest BCUT2D eigenvalue weighted by Gasteiger charge is -2.39. The number of piperazine rings is 1. The Morgan fingerprint density at radius 1 is 1.00 bits per heavy atom. The van der Waals surface area contributed by atoms with Crippen LogP contribution in [0.5, 0.6) is 0 Å². The van der Waals surface area contributed by atoms with Crippen molar-refractivity contribution in [1.29, 1.82) is 0 Å². The van der Waals surface area contributed by atoms with Gasteiger partial charge in [0.25, 0.3) is 0 Å². The van der Waals surface area contributed by atoms with E-state index in [0.717, 1.165) is 85.4 Å². The summed E-state index contributed by atoms with van der Waals surface area (Å²) in [6.07, 6.45) is 2.11. The number of benzene rings is 2. The zero-order valence-corrected chi connectivity index (χ0v) is 19.1. The fourth-order valence-electron chi connectivity index (χ4n) is 5.80. The number of carbonyl (C=O) groups is 1. The number of hydrogen-bond acceptors (Lipinski definition) is 6. The van der Waals surface area contributed by atoms with Gasteiger partial charge in [-0.05, 0) is 36.9 Å². The van der Waals surface area contributed by atoms with Crippen molar-refractivity contribution < 1.29 is 9.63 Å². The van der Waals surface area contributed by atoms with Crippen LogP contribution in [0, 0.1) is 5.92 Å². The fraction of sp³-hybridized carbons (Fsp3) is 0.500. The van der Waals surface area contributed by atoms with Gasteiger partial charge in [0.2, 0.25) is 0 Å². The molecule has 1 N–H and O–H groups in total. The van der Waals surface area contributed by atoms with E-state index < -0.39 is 0 Å². The monoisotopic (exact) mass is 432 g/mol. The molecule has 0 radical (unpaired) electrons. The average molecular weight is 433 g/mol. The van der Waals surface area contributed by atoms with Crippen molar-refractivity contribution in [2.24, 2.45) is 5.92 Å². The summed E-state index contributed by atoms with van der Waals surface area (Å²) >= 11 is 0. The van der Waals surface area contributed by atoms with Crippen LogP contribution in [0.3, 0.4) is 0 Å². The lowest BCUT2D eigenvalue weighted by molar-refractivity contribution is 0.101. The Kier molecular flexibility index (Phi) is 4.88. The Morgan fingerprint density at radius 2 is 1.72 bits per heavy atom. The fourth-order valence-corrected chi connectivity index (χ4v) is 5.80. The van der Waals surface area contributed by atoms with Gasteiger partial charge < -0.3 is 14.7 Å². The maximum Gasteiger partial charge on any atom is 0.195 e. The molecule has 6 nitrogen and oxygen atoms in total. The van der Waals surface area contributed by atoms with Crippen molar-refractivity contribution in [2.75, 3.05) is 61.1 Å². The van der Waals surface area contributed by atoms with Gasteiger partial charge in [0, 0.05) is 50.4 Å². The summed E-state index contributed by atoms with van der Waals surface area (Å²) in [7, 11) is 0. The molecule has 2 fully saturated rings. The van der Waals surface area contributed by atoms with E-state index in [-0.39, 0.29) is 11.9 Å². The molecule has 2 aromatic rings. The third-order valence-electron chi connectivity index (χ3n) is 7.86. The van der Waals surface area contributed by atoms with Crippen LogP contribution in [0.1, 0.15) is 59.8 Å². The van der Waals surface area contributed by atoms with E-state index in [1.54, 1.807) is 0 Å². The first-order valence-corrected chi connectivity index (χ1v) is 12.1. The number of hydrogen-bond donors (Lipinski definition) is 1. The maximum absolute atomic E-state index is 13.8. The van der Waals surface area contributed by atoms with Gasteiger partial charge in [-0.3, -0.25) is 15.1 Å². The molecule has 1 atom stereocenters. The molecular weight excluding hydrogens is 400 g/mol. The predicted molar refractivity (Wildman–Crippen MR) is 128 cm³/mol. The highest BCUT2D eigenvalue weighted by Crippen LogP contribution is 2.52. The molecule has 6 rings (SSSR count). The molecule has 0 saturated carbocycles. The summed E-state index contributed by atoms with van der Waals surface area (Å²) in [6.45, 7) is 11.8. The summed E-state index contributed by atoms with van der Waals surface area (Å²) in [5, 5.41) is 0. The van der Waals surface area contributed by atoms with E-state index in [1.165, 1.54) is 18.5 Å². The van der Waals surface area contributed by atoms with Crippen LogP contribution in [0.2, 0.25) is 0 Å². The van der Waals surface area contributed by atoms with E-state index >= 15 is 0 Å². The van der Waals surface area contributed by atoms with Crippen molar-refractivity contribution in [3.63, 3.8) is 0 Å². The molecular formula is C26H32N4O2. The van der Waals surface area contributed by atoms with Gasteiger partial charge >= 0.3 is 0 Å². The summed E-state index contributed by atoms with van der Waals surface area (Å²) in [5.74, 6) is 0.879.